The summed E-state index contributed by atoms with van der Waals surface area (Å²) in [6.07, 6.45) is 9.40. The van der Waals surface area contributed by atoms with Crippen molar-refractivity contribution in [3.8, 4) is 16.9 Å². The quantitative estimate of drug-likeness (QED) is 0.335. The summed E-state index contributed by atoms with van der Waals surface area (Å²) in [6.45, 7) is 3.20. The molecule has 3 aliphatic rings. The normalized spacial score (nSPS) is 20.9. The molecule has 2 aromatic carbocycles. The number of nitrogens with two attached hydrogens (primary N) is 1. The zero-order valence-electron chi connectivity index (χ0n) is 26.3. The van der Waals surface area contributed by atoms with E-state index in [4.69, 9.17) is 22.1 Å². The maximum absolute atomic E-state index is 14.1. The number of piperazine rings is 1. The van der Waals surface area contributed by atoms with Crippen molar-refractivity contribution in [1.82, 2.24) is 19.1 Å². The second-order valence-corrected chi connectivity index (χ2v) is 15.2. The molecule has 246 valence electrons. The number of rotatable bonds is 9. The van der Waals surface area contributed by atoms with E-state index in [2.05, 4.69) is 9.88 Å². The molecule has 1 aliphatic carbocycles. The first-order chi connectivity index (χ1) is 22.3. The summed E-state index contributed by atoms with van der Waals surface area (Å²) in [6, 6.07) is 17.5. The third-order valence-corrected chi connectivity index (χ3v) is 11.8. The number of halogens is 1. The molecular weight excluding hydrogens is 622 g/mol. The summed E-state index contributed by atoms with van der Waals surface area (Å²) in [5, 5.41) is 0.682. The average Bonchev–Trinajstić information content (AvgIpc) is 3.09. The second kappa shape index (κ2) is 14.8. The highest BCUT2D eigenvalue weighted by atomic mass is 35.5. The summed E-state index contributed by atoms with van der Waals surface area (Å²) in [4.78, 5) is 22.7. The monoisotopic (exact) mass is 665 g/mol. The number of benzene rings is 2. The third kappa shape index (κ3) is 7.91. The van der Waals surface area contributed by atoms with Crippen LogP contribution in [0, 0.1) is 5.92 Å². The van der Waals surface area contributed by atoms with E-state index < -0.39 is 16.1 Å². The summed E-state index contributed by atoms with van der Waals surface area (Å²) in [5.41, 5.74) is 8.98. The zero-order chi connectivity index (χ0) is 32.1. The van der Waals surface area contributed by atoms with Crippen LogP contribution in [0.15, 0.2) is 71.8 Å². The predicted molar refractivity (Wildman–Crippen MR) is 180 cm³/mol. The number of piperidine rings is 1. The minimum absolute atomic E-state index is 0.0625. The maximum atomic E-state index is 14.1. The number of ether oxygens (including phenoxy) is 1. The van der Waals surface area contributed by atoms with Gasteiger partial charge in [0, 0.05) is 62.1 Å². The number of nitrogens with zero attached hydrogens (tertiary/aromatic N) is 4. The molecule has 0 radical (unpaired) electrons. The van der Waals surface area contributed by atoms with Crippen LogP contribution in [-0.2, 0) is 21.4 Å². The van der Waals surface area contributed by atoms with Crippen molar-refractivity contribution >= 4 is 27.5 Å². The van der Waals surface area contributed by atoms with Crippen LogP contribution in [0.5, 0.6) is 5.75 Å². The second-order valence-electron chi connectivity index (χ2n) is 12.9. The lowest BCUT2D eigenvalue weighted by Gasteiger charge is -2.42. The van der Waals surface area contributed by atoms with Crippen molar-refractivity contribution in [1.29, 1.82) is 0 Å². The largest absolute Gasteiger partial charge is 0.493 e. The highest BCUT2D eigenvalue weighted by Gasteiger charge is 2.42. The number of likely N-dealkylation sites (tertiary alicyclic amines) is 1. The number of hydrogen-bond acceptors (Lipinski definition) is 7. The lowest BCUT2D eigenvalue weighted by molar-refractivity contribution is -0.138. The molecule has 2 aliphatic heterocycles. The van der Waals surface area contributed by atoms with Crippen molar-refractivity contribution < 1.29 is 17.9 Å². The van der Waals surface area contributed by atoms with Crippen molar-refractivity contribution in [2.24, 2.45) is 11.7 Å². The Morgan fingerprint density at radius 1 is 0.870 bits per heavy atom. The standard InChI is InChI=1S/C35H44ClN5O4S/c36-29-9-6-27(7-10-29)28-8-11-31(38-22-28)23-39-20-21-41(34(24-39)35(42)40-18-16-30(37)17-19-40)46(43,44)33-14-12-32(13-15-33)45-25-26-4-2-1-3-5-26/h6-15,22,26,30,34H,1-5,16-21,23-25,37H2/t34-/m0/s1. The predicted octanol–water partition coefficient (Wildman–Crippen LogP) is 5.19. The Balaban J connectivity index is 1.16. The first-order valence-corrected chi connectivity index (χ1v) is 18.3. The van der Waals surface area contributed by atoms with Crippen LogP contribution in [-0.4, -0.2) is 84.8 Å². The van der Waals surface area contributed by atoms with Gasteiger partial charge in [-0.3, -0.25) is 14.7 Å². The van der Waals surface area contributed by atoms with Gasteiger partial charge in [-0.1, -0.05) is 49.1 Å². The number of pyridine rings is 1. The van der Waals surface area contributed by atoms with Crippen LogP contribution in [0.4, 0.5) is 0 Å². The number of amides is 1. The molecule has 0 spiro atoms. The first kappa shape index (κ1) is 32.9. The number of sulfonamides is 1. The fourth-order valence-corrected chi connectivity index (χ4v) is 8.45. The topological polar surface area (TPSA) is 109 Å². The van der Waals surface area contributed by atoms with Gasteiger partial charge in [0.15, 0.2) is 0 Å². The molecular formula is C35H44ClN5O4S. The Kier molecular flexibility index (Phi) is 10.6. The van der Waals surface area contributed by atoms with Crippen LogP contribution in [0.25, 0.3) is 11.1 Å². The number of hydrogen-bond donors (Lipinski definition) is 1. The summed E-state index contributed by atoms with van der Waals surface area (Å²) >= 11 is 6.04. The van der Waals surface area contributed by atoms with E-state index in [1.54, 1.807) is 29.2 Å². The Morgan fingerprint density at radius 3 is 2.24 bits per heavy atom. The van der Waals surface area contributed by atoms with Gasteiger partial charge < -0.3 is 15.4 Å². The van der Waals surface area contributed by atoms with Crippen molar-refractivity contribution in [3.05, 3.63) is 77.6 Å². The van der Waals surface area contributed by atoms with Crippen LogP contribution >= 0.6 is 11.6 Å². The summed E-state index contributed by atoms with van der Waals surface area (Å²) in [7, 11) is -3.94. The van der Waals surface area contributed by atoms with Gasteiger partial charge in [-0.25, -0.2) is 8.42 Å². The van der Waals surface area contributed by atoms with Gasteiger partial charge in [0.2, 0.25) is 15.9 Å². The highest BCUT2D eigenvalue weighted by molar-refractivity contribution is 7.89. The van der Waals surface area contributed by atoms with Gasteiger partial charge in [0.25, 0.3) is 0 Å². The van der Waals surface area contributed by atoms with Gasteiger partial charge in [-0.15, -0.1) is 0 Å². The van der Waals surface area contributed by atoms with Crippen molar-refractivity contribution in [3.63, 3.8) is 0 Å². The zero-order valence-corrected chi connectivity index (χ0v) is 27.8. The Bertz CT molecular complexity index is 1560. The van der Waals surface area contributed by atoms with Crippen LogP contribution in [0.3, 0.4) is 0 Å². The van der Waals surface area contributed by atoms with Crippen LogP contribution in [0.2, 0.25) is 5.02 Å². The van der Waals surface area contributed by atoms with E-state index in [-0.39, 0.29) is 29.9 Å². The van der Waals surface area contributed by atoms with E-state index in [0.717, 1.165) is 16.8 Å². The Labute approximate surface area is 277 Å². The molecule has 3 heterocycles. The molecule has 0 unspecified atom stereocenters. The van der Waals surface area contributed by atoms with E-state index in [0.29, 0.717) is 62.3 Å². The van der Waals surface area contributed by atoms with Crippen LogP contribution < -0.4 is 10.5 Å². The minimum atomic E-state index is -3.94. The van der Waals surface area contributed by atoms with E-state index >= 15 is 0 Å². The minimum Gasteiger partial charge on any atom is -0.493 e. The van der Waals surface area contributed by atoms with E-state index in [9.17, 15) is 13.2 Å². The Hall–Kier alpha value is -3.02. The first-order valence-electron chi connectivity index (χ1n) is 16.5. The lowest BCUT2D eigenvalue weighted by Crippen LogP contribution is -2.61. The smallest absolute Gasteiger partial charge is 0.243 e. The van der Waals surface area contributed by atoms with Crippen LogP contribution in [0.1, 0.15) is 50.6 Å². The number of aromatic nitrogens is 1. The molecule has 2 saturated heterocycles. The molecule has 2 N–H and O–H groups in total. The van der Waals surface area contributed by atoms with E-state index in [1.165, 1.54) is 36.4 Å². The lowest BCUT2D eigenvalue weighted by atomic mass is 9.90. The molecule has 1 saturated carbocycles. The van der Waals surface area contributed by atoms with Crippen molar-refractivity contribution in [2.75, 3.05) is 39.3 Å². The fourth-order valence-electron chi connectivity index (χ4n) is 6.76. The van der Waals surface area contributed by atoms with Gasteiger partial charge in [-0.2, -0.15) is 4.31 Å². The molecule has 3 aromatic rings. The van der Waals surface area contributed by atoms with Crippen molar-refractivity contribution in [2.45, 2.75) is 68.5 Å². The maximum Gasteiger partial charge on any atom is 0.243 e. The molecule has 3 fully saturated rings. The third-order valence-electron chi connectivity index (χ3n) is 9.58. The van der Waals surface area contributed by atoms with Gasteiger partial charge in [0.1, 0.15) is 11.8 Å². The fraction of sp³-hybridized carbons (Fsp3) is 0.486. The molecule has 0 bridgehead atoms. The molecule has 1 amide bonds. The molecule has 11 heteroatoms. The van der Waals surface area contributed by atoms with E-state index in [1.807, 2.05) is 42.6 Å². The molecule has 46 heavy (non-hydrogen) atoms. The Morgan fingerprint density at radius 2 is 1.57 bits per heavy atom. The van der Waals surface area contributed by atoms with Gasteiger partial charge in [-0.05, 0) is 79.6 Å². The molecule has 6 rings (SSSR count). The summed E-state index contributed by atoms with van der Waals surface area (Å²) < 4.78 is 35.5. The molecule has 9 nitrogen and oxygen atoms in total. The van der Waals surface area contributed by atoms with Gasteiger partial charge in [0.05, 0.1) is 17.2 Å². The summed E-state index contributed by atoms with van der Waals surface area (Å²) in [5.74, 6) is 1.06. The highest BCUT2D eigenvalue weighted by Crippen LogP contribution is 2.28. The molecule has 1 aromatic heterocycles. The van der Waals surface area contributed by atoms with Gasteiger partial charge >= 0.3 is 0 Å². The molecule has 1 atom stereocenters. The SMILES string of the molecule is NC1CCN(C(=O)[C@@H]2CN(Cc3ccc(-c4ccc(Cl)cc4)cn3)CCN2S(=O)(=O)c2ccc(OCC3CCCCC3)cc2)CC1. The number of carbonyl (C=O) groups is 1. The average molecular weight is 666 g/mol. The number of carbonyl (C=O) groups excluding carboxylic acids is 1.